The van der Waals surface area contributed by atoms with Crippen molar-refractivity contribution in [2.24, 2.45) is 5.92 Å². The molecule has 1 fully saturated rings. The highest BCUT2D eigenvalue weighted by Gasteiger charge is 2.19. The number of aryl methyl sites for hydroxylation is 1. The molecule has 1 amide bonds. The monoisotopic (exact) mass is 458 g/mol. The van der Waals surface area contributed by atoms with Gasteiger partial charge in [-0.15, -0.1) is 0 Å². The molecule has 1 aromatic heterocycles. The summed E-state index contributed by atoms with van der Waals surface area (Å²) in [6.45, 7) is 4.23. The number of carbonyl (C=O) groups excluding carboxylic acids is 1. The second-order valence-corrected chi connectivity index (χ2v) is 9.07. The maximum atomic E-state index is 12.3. The van der Waals surface area contributed by atoms with Gasteiger partial charge in [0.2, 0.25) is 5.91 Å². The van der Waals surface area contributed by atoms with Crippen LogP contribution in [0.1, 0.15) is 31.2 Å². The Balaban J connectivity index is 1.12. The minimum atomic E-state index is -0.192. The minimum Gasteiger partial charge on any atom is -0.356 e. The molecule has 0 spiro atoms. The molecule has 6 heteroatoms. The van der Waals surface area contributed by atoms with Gasteiger partial charge >= 0.3 is 0 Å². The van der Waals surface area contributed by atoms with Crippen LogP contribution in [0, 0.1) is 5.92 Å². The Morgan fingerprint density at radius 2 is 1.62 bits per heavy atom. The van der Waals surface area contributed by atoms with Crippen LogP contribution in [-0.2, 0) is 17.8 Å². The summed E-state index contributed by atoms with van der Waals surface area (Å²) in [7, 11) is 0. The minimum absolute atomic E-state index is 0.0413. The van der Waals surface area contributed by atoms with Crippen molar-refractivity contribution in [2.75, 3.05) is 26.2 Å². The fraction of sp³-hybridized carbons (Fsp3) is 0.393. The zero-order chi connectivity index (χ0) is 23.6. The van der Waals surface area contributed by atoms with Crippen molar-refractivity contribution in [3.63, 3.8) is 0 Å². The molecule has 0 atom stereocenters. The van der Waals surface area contributed by atoms with Gasteiger partial charge in [0.25, 0.3) is 5.56 Å². The molecule has 2 aromatic carbocycles. The van der Waals surface area contributed by atoms with Gasteiger partial charge < -0.3 is 10.2 Å². The van der Waals surface area contributed by atoms with Crippen LogP contribution in [0.2, 0.25) is 0 Å². The number of nitrogens with one attached hydrogen (secondary N) is 1. The lowest BCUT2D eigenvalue weighted by Gasteiger charge is -2.32. The standard InChI is InChI=1S/C28H34N4O2/c33-27(16-21-32-28(34)13-12-26(30-32)25-10-5-2-6-11-25)29-17-7-18-31-19-14-24(15-20-31)22-23-8-3-1-4-9-23/h1-6,8-13,24H,7,14-22H2,(H,29,33). The molecule has 2 heterocycles. The van der Waals surface area contributed by atoms with Gasteiger partial charge in [-0.25, -0.2) is 4.68 Å². The first-order valence-electron chi connectivity index (χ1n) is 12.3. The third kappa shape index (κ3) is 7.12. The number of benzene rings is 2. The molecule has 0 bridgehead atoms. The Kier molecular flexibility index (Phi) is 8.63. The zero-order valence-corrected chi connectivity index (χ0v) is 19.7. The molecule has 0 saturated carbocycles. The first-order valence-corrected chi connectivity index (χ1v) is 12.3. The lowest BCUT2D eigenvalue weighted by atomic mass is 9.90. The highest BCUT2D eigenvalue weighted by molar-refractivity contribution is 5.75. The second-order valence-electron chi connectivity index (χ2n) is 9.07. The van der Waals surface area contributed by atoms with Gasteiger partial charge in [-0.05, 0) is 62.9 Å². The molecule has 1 saturated heterocycles. The van der Waals surface area contributed by atoms with E-state index in [9.17, 15) is 9.59 Å². The van der Waals surface area contributed by atoms with E-state index in [1.54, 1.807) is 6.07 Å². The molecule has 1 aliphatic rings. The highest BCUT2D eigenvalue weighted by Crippen LogP contribution is 2.21. The number of amides is 1. The van der Waals surface area contributed by atoms with E-state index in [2.05, 4.69) is 45.6 Å². The highest BCUT2D eigenvalue weighted by atomic mass is 16.2. The first-order chi connectivity index (χ1) is 16.7. The van der Waals surface area contributed by atoms with E-state index in [1.165, 1.54) is 35.6 Å². The molecule has 6 nitrogen and oxygen atoms in total. The van der Waals surface area contributed by atoms with E-state index in [1.807, 2.05) is 30.3 Å². The molecule has 1 N–H and O–H groups in total. The summed E-state index contributed by atoms with van der Waals surface area (Å²) >= 11 is 0. The Hall–Kier alpha value is -3.25. The van der Waals surface area contributed by atoms with E-state index < -0.39 is 0 Å². The van der Waals surface area contributed by atoms with Gasteiger partial charge in [-0.1, -0.05) is 60.7 Å². The summed E-state index contributed by atoms with van der Waals surface area (Å²) in [5, 5.41) is 7.41. The van der Waals surface area contributed by atoms with E-state index in [-0.39, 0.29) is 24.4 Å². The number of nitrogens with zero attached hydrogens (tertiary/aromatic N) is 3. The van der Waals surface area contributed by atoms with Crippen LogP contribution in [0.15, 0.2) is 77.6 Å². The van der Waals surface area contributed by atoms with Crippen LogP contribution in [0.25, 0.3) is 11.3 Å². The van der Waals surface area contributed by atoms with Gasteiger partial charge in [0.05, 0.1) is 12.2 Å². The summed E-state index contributed by atoms with van der Waals surface area (Å²) in [6.07, 6.45) is 4.85. The summed E-state index contributed by atoms with van der Waals surface area (Å²) in [4.78, 5) is 26.9. The molecule has 34 heavy (non-hydrogen) atoms. The maximum Gasteiger partial charge on any atom is 0.266 e. The number of piperidine rings is 1. The lowest BCUT2D eigenvalue weighted by molar-refractivity contribution is -0.121. The van der Waals surface area contributed by atoms with Gasteiger partial charge in [-0.3, -0.25) is 9.59 Å². The Morgan fingerprint density at radius 1 is 0.912 bits per heavy atom. The summed E-state index contributed by atoms with van der Waals surface area (Å²) < 4.78 is 1.38. The fourth-order valence-electron chi connectivity index (χ4n) is 4.56. The number of rotatable bonds is 10. The van der Waals surface area contributed by atoms with Crippen molar-refractivity contribution in [2.45, 2.75) is 38.6 Å². The number of hydrogen-bond donors (Lipinski definition) is 1. The first kappa shape index (κ1) is 23.9. The van der Waals surface area contributed by atoms with Crippen LogP contribution in [0.5, 0.6) is 0 Å². The van der Waals surface area contributed by atoms with Gasteiger partial charge in [0.15, 0.2) is 0 Å². The molecule has 0 aliphatic carbocycles. The third-order valence-corrected chi connectivity index (χ3v) is 6.53. The van der Waals surface area contributed by atoms with E-state index in [4.69, 9.17) is 0 Å². The van der Waals surface area contributed by atoms with Gasteiger partial charge in [0.1, 0.15) is 0 Å². The fourth-order valence-corrected chi connectivity index (χ4v) is 4.56. The Labute approximate surface area is 201 Å². The number of carbonyl (C=O) groups is 1. The normalized spacial score (nSPS) is 14.7. The molecule has 178 valence electrons. The average molecular weight is 459 g/mol. The van der Waals surface area contributed by atoms with Crippen LogP contribution in [0.4, 0.5) is 0 Å². The van der Waals surface area contributed by atoms with Crippen molar-refractivity contribution in [1.29, 1.82) is 0 Å². The number of likely N-dealkylation sites (tertiary alicyclic amines) is 1. The van der Waals surface area contributed by atoms with Gasteiger partial charge in [-0.2, -0.15) is 5.10 Å². The molecular formula is C28H34N4O2. The third-order valence-electron chi connectivity index (χ3n) is 6.53. The van der Waals surface area contributed by atoms with E-state index in [0.717, 1.165) is 43.2 Å². The average Bonchev–Trinajstić information content (AvgIpc) is 2.88. The topological polar surface area (TPSA) is 67.2 Å². The number of aromatic nitrogens is 2. The molecular weight excluding hydrogens is 424 g/mol. The molecule has 0 radical (unpaired) electrons. The lowest BCUT2D eigenvalue weighted by Crippen LogP contribution is -2.36. The smallest absolute Gasteiger partial charge is 0.266 e. The quantitative estimate of drug-likeness (QED) is 0.470. The molecule has 0 unspecified atom stereocenters. The van der Waals surface area contributed by atoms with Crippen molar-refractivity contribution < 1.29 is 4.79 Å². The molecule has 3 aromatic rings. The van der Waals surface area contributed by atoms with Crippen molar-refractivity contribution in [3.8, 4) is 11.3 Å². The Bertz CT molecular complexity index is 1090. The van der Waals surface area contributed by atoms with E-state index in [0.29, 0.717) is 6.54 Å². The van der Waals surface area contributed by atoms with Crippen LogP contribution in [-0.4, -0.2) is 46.8 Å². The van der Waals surface area contributed by atoms with Gasteiger partial charge in [0, 0.05) is 24.6 Å². The maximum absolute atomic E-state index is 12.3. The molecule has 4 rings (SSSR count). The molecule has 1 aliphatic heterocycles. The summed E-state index contributed by atoms with van der Waals surface area (Å²) in [5.74, 6) is 0.733. The van der Waals surface area contributed by atoms with Crippen molar-refractivity contribution >= 4 is 5.91 Å². The Morgan fingerprint density at radius 3 is 2.35 bits per heavy atom. The van der Waals surface area contributed by atoms with Crippen LogP contribution < -0.4 is 10.9 Å². The van der Waals surface area contributed by atoms with E-state index >= 15 is 0 Å². The summed E-state index contributed by atoms with van der Waals surface area (Å²) in [6, 6.07) is 23.7. The van der Waals surface area contributed by atoms with Crippen molar-refractivity contribution in [1.82, 2.24) is 20.0 Å². The summed E-state index contributed by atoms with van der Waals surface area (Å²) in [5.41, 5.74) is 2.93. The van der Waals surface area contributed by atoms with Crippen LogP contribution >= 0.6 is 0 Å². The second kappa shape index (κ2) is 12.3. The SMILES string of the molecule is O=C(CCn1nc(-c2ccccc2)ccc1=O)NCCCN1CCC(Cc2ccccc2)CC1. The zero-order valence-electron chi connectivity index (χ0n) is 19.7. The predicted octanol–water partition coefficient (Wildman–Crippen LogP) is 3.76. The van der Waals surface area contributed by atoms with Crippen molar-refractivity contribution in [3.05, 3.63) is 88.7 Å². The van der Waals surface area contributed by atoms with Crippen LogP contribution in [0.3, 0.4) is 0 Å². The predicted molar refractivity (Wildman–Crippen MR) is 135 cm³/mol. The number of hydrogen-bond acceptors (Lipinski definition) is 4. The largest absolute Gasteiger partial charge is 0.356 e.